The predicted octanol–water partition coefficient (Wildman–Crippen LogP) is 2.62. The summed E-state index contributed by atoms with van der Waals surface area (Å²) in [7, 11) is 4.09. The van der Waals surface area contributed by atoms with Crippen molar-refractivity contribution < 1.29 is 4.39 Å². The molecule has 0 amide bonds. The Kier molecular flexibility index (Phi) is 5.76. The number of nitrogens with zero attached hydrogens (tertiary/aromatic N) is 2. The molecule has 0 bridgehead atoms. The molecule has 3 nitrogen and oxygen atoms in total. The van der Waals surface area contributed by atoms with E-state index >= 15 is 0 Å². The van der Waals surface area contributed by atoms with Crippen molar-refractivity contribution in [1.82, 2.24) is 4.90 Å². The molecule has 0 aliphatic rings. The van der Waals surface area contributed by atoms with Gasteiger partial charge in [-0.05, 0) is 47.0 Å². The minimum atomic E-state index is -0.309. The minimum Gasteiger partial charge on any atom is -0.367 e. The molecule has 2 atom stereocenters. The van der Waals surface area contributed by atoms with E-state index in [1.54, 1.807) is 6.07 Å². The third-order valence-corrected chi connectivity index (χ3v) is 3.30. The number of likely N-dealkylation sites (N-methyl/N-ethyl adjacent to an activating group) is 2. The first kappa shape index (κ1) is 15.9. The summed E-state index contributed by atoms with van der Waals surface area (Å²) in [6.07, 6.45) is 0. The lowest BCUT2D eigenvalue weighted by Gasteiger charge is -2.34. The number of benzene rings is 1. The number of hydrogen-bond acceptors (Lipinski definition) is 3. The van der Waals surface area contributed by atoms with Crippen LogP contribution in [0.1, 0.15) is 32.4 Å². The van der Waals surface area contributed by atoms with Gasteiger partial charge >= 0.3 is 0 Å². The maximum absolute atomic E-state index is 14.0. The summed E-state index contributed by atoms with van der Waals surface area (Å²) in [6.45, 7) is 7.81. The zero-order chi connectivity index (χ0) is 14.6. The highest BCUT2D eigenvalue weighted by molar-refractivity contribution is 5.56. The van der Waals surface area contributed by atoms with Crippen molar-refractivity contribution in [2.45, 2.75) is 32.9 Å². The molecule has 1 aromatic rings. The van der Waals surface area contributed by atoms with Crippen LogP contribution in [0.5, 0.6) is 0 Å². The highest BCUT2D eigenvalue weighted by Crippen LogP contribution is 2.29. The Morgan fingerprint density at radius 3 is 2.37 bits per heavy atom. The molecule has 1 aromatic carbocycles. The van der Waals surface area contributed by atoms with Gasteiger partial charge in [-0.1, -0.05) is 6.07 Å². The van der Waals surface area contributed by atoms with E-state index in [1.807, 2.05) is 27.1 Å². The first-order valence-electron chi connectivity index (χ1n) is 6.83. The van der Waals surface area contributed by atoms with Crippen LogP contribution in [0.4, 0.5) is 10.1 Å². The molecule has 2 N–H and O–H groups in total. The van der Waals surface area contributed by atoms with Gasteiger partial charge in [-0.15, -0.1) is 0 Å². The summed E-state index contributed by atoms with van der Waals surface area (Å²) in [5.41, 5.74) is 7.45. The van der Waals surface area contributed by atoms with Crippen molar-refractivity contribution in [3.05, 3.63) is 29.6 Å². The second kappa shape index (κ2) is 6.87. The lowest BCUT2D eigenvalue weighted by Crippen LogP contribution is -2.41. The standard InChI is InChI=1S/C15H26FN3/c1-6-19(11(2)10-18(4)5)14-9-7-8-13(16)15(14)12(3)17/h7-9,11-12H,6,10,17H2,1-5H3/t11?,12-/m0/s1. The zero-order valence-electron chi connectivity index (χ0n) is 12.7. The Hall–Kier alpha value is -1.13. The molecule has 0 aliphatic heterocycles. The molecule has 1 rings (SSSR count). The Labute approximate surface area is 116 Å². The van der Waals surface area contributed by atoms with Gasteiger partial charge in [0.1, 0.15) is 5.82 Å². The van der Waals surface area contributed by atoms with E-state index in [4.69, 9.17) is 5.73 Å². The molecule has 108 valence electrons. The van der Waals surface area contributed by atoms with Crippen molar-refractivity contribution >= 4 is 5.69 Å². The quantitative estimate of drug-likeness (QED) is 0.860. The number of rotatable bonds is 6. The molecule has 1 unspecified atom stereocenters. The van der Waals surface area contributed by atoms with Gasteiger partial charge in [0.25, 0.3) is 0 Å². The number of halogens is 1. The van der Waals surface area contributed by atoms with Crippen LogP contribution in [0.3, 0.4) is 0 Å². The third-order valence-electron chi connectivity index (χ3n) is 3.30. The van der Waals surface area contributed by atoms with Crippen molar-refractivity contribution in [2.24, 2.45) is 5.73 Å². The maximum atomic E-state index is 14.0. The zero-order valence-corrected chi connectivity index (χ0v) is 12.7. The molecular weight excluding hydrogens is 241 g/mol. The summed E-state index contributed by atoms with van der Waals surface area (Å²) in [5.74, 6) is -0.219. The molecule has 0 saturated heterocycles. The Morgan fingerprint density at radius 1 is 1.26 bits per heavy atom. The average Bonchev–Trinajstić information content (AvgIpc) is 2.28. The molecular formula is C15H26FN3. The fourth-order valence-electron chi connectivity index (χ4n) is 2.57. The monoisotopic (exact) mass is 267 g/mol. The van der Waals surface area contributed by atoms with Crippen LogP contribution in [-0.4, -0.2) is 38.1 Å². The van der Waals surface area contributed by atoms with E-state index < -0.39 is 0 Å². The maximum Gasteiger partial charge on any atom is 0.130 e. The van der Waals surface area contributed by atoms with Gasteiger partial charge in [-0.3, -0.25) is 0 Å². The van der Waals surface area contributed by atoms with Crippen molar-refractivity contribution in [3.8, 4) is 0 Å². The van der Waals surface area contributed by atoms with Gasteiger partial charge in [0, 0.05) is 36.4 Å². The molecule has 0 aromatic heterocycles. The summed E-state index contributed by atoms with van der Waals surface area (Å²) in [6, 6.07) is 5.18. The summed E-state index contributed by atoms with van der Waals surface area (Å²) < 4.78 is 14.0. The van der Waals surface area contributed by atoms with Gasteiger partial charge in [0.05, 0.1) is 0 Å². The highest BCUT2D eigenvalue weighted by Gasteiger charge is 2.20. The van der Waals surface area contributed by atoms with E-state index in [-0.39, 0.29) is 11.9 Å². The molecule has 19 heavy (non-hydrogen) atoms. The molecule has 0 radical (unpaired) electrons. The van der Waals surface area contributed by atoms with E-state index in [9.17, 15) is 4.39 Å². The fraction of sp³-hybridized carbons (Fsp3) is 0.600. The highest BCUT2D eigenvalue weighted by atomic mass is 19.1. The summed E-state index contributed by atoms with van der Waals surface area (Å²) in [5, 5.41) is 0. The van der Waals surface area contributed by atoms with Crippen LogP contribution in [0, 0.1) is 5.82 Å². The van der Waals surface area contributed by atoms with E-state index in [0.29, 0.717) is 11.6 Å². The average molecular weight is 267 g/mol. The van der Waals surface area contributed by atoms with Crippen LogP contribution < -0.4 is 10.6 Å². The van der Waals surface area contributed by atoms with Gasteiger partial charge in [0.15, 0.2) is 0 Å². The topological polar surface area (TPSA) is 32.5 Å². The first-order chi connectivity index (χ1) is 8.88. The molecule has 0 heterocycles. The molecule has 0 spiro atoms. The Morgan fingerprint density at radius 2 is 1.89 bits per heavy atom. The van der Waals surface area contributed by atoms with Gasteiger partial charge in [-0.2, -0.15) is 0 Å². The lowest BCUT2D eigenvalue weighted by atomic mass is 10.0. The number of nitrogens with two attached hydrogens (primary N) is 1. The van der Waals surface area contributed by atoms with Gasteiger partial charge in [0.2, 0.25) is 0 Å². The fourth-order valence-corrected chi connectivity index (χ4v) is 2.57. The number of hydrogen-bond donors (Lipinski definition) is 1. The smallest absolute Gasteiger partial charge is 0.130 e. The van der Waals surface area contributed by atoms with Crippen molar-refractivity contribution in [1.29, 1.82) is 0 Å². The van der Waals surface area contributed by atoms with Crippen molar-refractivity contribution in [2.75, 3.05) is 32.1 Å². The van der Waals surface area contributed by atoms with Crippen LogP contribution in [-0.2, 0) is 0 Å². The molecule has 0 saturated carbocycles. The Balaban J connectivity index is 3.14. The molecule has 4 heteroatoms. The van der Waals surface area contributed by atoms with Crippen LogP contribution >= 0.6 is 0 Å². The second-order valence-corrected chi connectivity index (χ2v) is 5.36. The lowest BCUT2D eigenvalue weighted by molar-refractivity contribution is 0.372. The normalized spacial score (nSPS) is 14.5. The third kappa shape index (κ3) is 3.91. The second-order valence-electron chi connectivity index (χ2n) is 5.36. The predicted molar refractivity (Wildman–Crippen MR) is 80.0 cm³/mol. The van der Waals surface area contributed by atoms with Crippen molar-refractivity contribution in [3.63, 3.8) is 0 Å². The first-order valence-corrected chi connectivity index (χ1v) is 6.83. The Bertz CT molecular complexity index is 404. The molecule has 0 aliphatic carbocycles. The minimum absolute atomic E-state index is 0.219. The van der Waals surface area contributed by atoms with E-state index in [2.05, 4.69) is 23.6 Å². The largest absolute Gasteiger partial charge is 0.367 e. The van der Waals surface area contributed by atoms with Crippen LogP contribution in [0.15, 0.2) is 18.2 Å². The van der Waals surface area contributed by atoms with E-state index in [0.717, 1.165) is 18.8 Å². The van der Waals surface area contributed by atoms with E-state index in [1.165, 1.54) is 6.07 Å². The summed E-state index contributed by atoms with van der Waals surface area (Å²) >= 11 is 0. The van der Waals surface area contributed by atoms with Gasteiger partial charge < -0.3 is 15.5 Å². The SMILES string of the molecule is CCN(c1cccc(F)c1[C@H](C)N)C(C)CN(C)C. The van der Waals surface area contributed by atoms with Crippen LogP contribution in [0.25, 0.3) is 0 Å². The summed E-state index contributed by atoms with van der Waals surface area (Å²) in [4.78, 5) is 4.35. The number of anilines is 1. The van der Waals surface area contributed by atoms with Crippen LogP contribution in [0.2, 0.25) is 0 Å². The van der Waals surface area contributed by atoms with Gasteiger partial charge in [-0.25, -0.2) is 4.39 Å². The molecule has 0 fully saturated rings.